The molecule has 3 nitrogen and oxygen atoms in total. The first kappa shape index (κ1) is 13.7. The fourth-order valence-electron chi connectivity index (χ4n) is 3.06. The van der Waals surface area contributed by atoms with Gasteiger partial charge in [-0.1, -0.05) is 18.2 Å². The van der Waals surface area contributed by atoms with Crippen LogP contribution in [-0.4, -0.2) is 31.6 Å². The Hall–Kier alpha value is -1.32. The third-order valence-corrected chi connectivity index (χ3v) is 4.52. The van der Waals surface area contributed by atoms with E-state index < -0.39 is 0 Å². The van der Waals surface area contributed by atoms with Gasteiger partial charge in [-0.05, 0) is 58.0 Å². The lowest BCUT2D eigenvalue weighted by molar-refractivity contribution is 0.181. The summed E-state index contributed by atoms with van der Waals surface area (Å²) in [5.74, 6) is 1.88. The van der Waals surface area contributed by atoms with Crippen molar-refractivity contribution in [3.8, 4) is 0 Å². The lowest BCUT2D eigenvalue weighted by atomic mass is 9.97. The summed E-state index contributed by atoms with van der Waals surface area (Å²) in [6, 6.07) is 10.8. The molecule has 1 fully saturated rings. The number of para-hydroxylation sites is 1. The monoisotopic (exact) mass is 272 g/mol. The number of hydrogen-bond acceptors (Lipinski definition) is 3. The molecule has 1 aromatic heterocycles. The van der Waals surface area contributed by atoms with E-state index in [0.29, 0.717) is 6.04 Å². The number of hydrogen-bond donors (Lipinski definition) is 1. The molecule has 0 bridgehead atoms. The van der Waals surface area contributed by atoms with Crippen LogP contribution in [0.25, 0.3) is 11.0 Å². The standard InChI is InChI=1S/C17H24N2O/c1-13(19(2)12-14-7-9-18-10-8-14)17-11-15-5-3-4-6-16(15)20-17/h3-6,11,13-14,18H,7-10,12H2,1-2H3. The van der Waals surface area contributed by atoms with Gasteiger partial charge in [0.2, 0.25) is 0 Å². The molecule has 1 N–H and O–H groups in total. The molecular weight excluding hydrogens is 248 g/mol. The number of nitrogens with zero attached hydrogens (tertiary/aromatic N) is 1. The third kappa shape index (κ3) is 2.89. The van der Waals surface area contributed by atoms with Crippen LogP contribution in [0.1, 0.15) is 31.6 Å². The highest BCUT2D eigenvalue weighted by Gasteiger charge is 2.21. The summed E-state index contributed by atoms with van der Waals surface area (Å²) in [7, 11) is 2.21. The van der Waals surface area contributed by atoms with Gasteiger partial charge in [0, 0.05) is 11.9 Å². The van der Waals surface area contributed by atoms with Crippen molar-refractivity contribution >= 4 is 11.0 Å². The number of furan rings is 1. The average molecular weight is 272 g/mol. The van der Waals surface area contributed by atoms with Crippen LogP contribution >= 0.6 is 0 Å². The van der Waals surface area contributed by atoms with Gasteiger partial charge < -0.3 is 9.73 Å². The quantitative estimate of drug-likeness (QED) is 0.924. The molecular formula is C17H24N2O. The summed E-state index contributed by atoms with van der Waals surface area (Å²) >= 11 is 0. The van der Waals surface area contributed by atoms with E-state index in [9.17, 15) is 0 Å². The number of benzene rings is 1. The molecule has 2 heterocycles. The van der Waals surface area contributed by atoms with E-state index in [1.165, 1.54) is 18.2 Å². The predicted octanol–water partition coefficient (Wildman–Crippen LogP) is 3.43. The highest BCUT2D eigenvalue weighted by Crippen LogP contribution is 2.27. The van der Waals surface area contributed by atoms with Crippen LogP contribution in [0, 0.1) is 5.92 Å². The summed E-state index contributed by atoms with van der Waals surface area (Å²) in [5, 5.41) is 4.63. The molecule has 1 atom stereocenters. The first-order valence-corrected chi connectivity index (χ1v) is 7.63. The van der Waals surface area contributed by atoms with Gasteiger partial charge in [-0.3, -0.25) is 4.90 Å². The molecule has 0 spiro atoms. The fourth-order valence-corrected chi connectivity index (χ4v) is 3.06. The van der Waals surface area contributed by atoms with Gasteiger partial charge in [0.1, 0.15) is 11.3 Å². The summed E-state index contributed by atoms with van der Waals surface area (Å²) in [5.41, 5.74) is 0.990. The zero-order valence-electron chi connectivity index (χ0n) is 12.4. The lowest BCUT2D eigenvalue weighted by Gasteiger charge is -2.30. The van der Waals surface area contributed by atoms with Crippen LogP contribution in [0.5, 0.6) is 0 Å². The first-order chi connectivity index (χ1) is 9.74. The van der Waals surface area contributed by atoms with Crippen molar-refractivity contribution in [3.63, 3.8) is 0 Å². The molecule has 1 aromatic carbocycles. The Kier molecular flexibility index (Phi) is 4.08. The molecule has 1 aliphatic heterocycles. The van der Waals surface area contributed by atoms with Crippen LogP contribution < -0.4 is 5.32 Å². The average Bonchev–Trinajstić information content (AvgIpc) is 2.91. The summed E-state index contributed by atoms with van der Waals surface area (Å²) in [6.07, 6.45) is 2.58. The Labute approximate surface area is 120 Å². The van der Waals surface area contributed by atoms with E-state index in [0.717, 1.165) is 36.9 Å². The maximum Gasteiger partial charge on any atom is 0.134 e. The van der Waals surface area contributed by atoms with Gasteiger partial charge in [-0.25, -0.2) is 0 Å². The zero-order chi connectivity index (χ0) is 13.9. The Morgan fingerprint density at radius 1 is 1.30 bits per heavy atom. The Morgan fingerprint density at radius 2 is 2.05 bits per heavy atom. The van der Waals surface area contributed by atoms with Gasteiger partial charge in [-0.2, -0.15) is 0 Å². The molecule has 3 heteroatoms. The molecule has 0 saturated carbocycles. The normalized spacial score (nSPS) is 18.8. The van der Waals surface area contributed by atoms with Crippen molar-refractivity contribution in [1.29, 1.82) is 0 Å². The van der Waals surface area contributed by atoms with Crippen LogP contribution in [-0.2, 0) is 0 Å². The van der Waals surface area contributed by atoms with Gasteiger partial charge >= 0.3 is 0 Å². The van der Waals surface area contributed by atoms with Gasteiger partial charge in [0.25, 0.3) is 0 Å². The molecule has 3 rings (SSSR count). The van der Waals surface area contributed by atoms with E-state index >= 15 is 0 Å². The Morgan fingerprint density at radius 3 is 2.80 bits per heavy atom. The zero-order valence-corrected chi connectivity index (χ0v) is 12.4. The summed E-state index contributed by atoms with van der Waals surface area (Å²) < 4.78 is 5.99. The summed E-state index contributed by atoms with van der Waals surface area (Å²) in [4.78, 5) is 2.42. The van der Waals surface area contributed by atoms with Crippen molar-refractivity contribution in [2.45, 2.75) is 25.8 Å². The first-order valence-electron chi connectivity index (χ1n) is 7.63. The maximum absolute atomic E-state index is 5.99. The highest BCUT2D eigenvalue weighted by molar-refractivity contribution is 5.77. The van der Waals surface area contributed by atoms with Gasteiger partial charge in [0.05, 0.1) is 6.04 Å². The van der Waals surface area contributed by atoms with Crippen LogP contribution in [0.3, 0.4) is 0 Å². The Balaban J connectivity index is 1.68. The minimum atomic E-state index is 0.331. The second kappa shape index (κ2) is 5.98. The minimum Gasteiger partial charge on any atom is -0.459 e. The van der Waals surface area contributed by atoms with E-state index in [-0.39, 0.29) is 0 Å². The van der Waals surface area contributed by atoms with Crippen molar-refractivity contribution in [1.82, 2.24) is 10.2 Å². The Bertz CT molecular complexity index is 524. The third-order valence-electron chi connectivity index (χ3n) is 4.52. The topological polar surface area (TPSA) is 28.4 Å². The van der Waals surface area contributed by atoms with E-state index in [4.69, 9.17) is 4.42 Å². The summed E-state index contributed by atoms with van der Waals surface area (Å²) in [6.45, 7) is 5.72. The molecule has 0 aliphatic carbocycles. The van der Waals surface area contributed by atoms with Crippen LogP contribution in [0.2, 0.25) is 0 Å². The number of nitrogens with one attached hydrogen (secondary N) is 1. The number of piperidine rings is 1. The largest absolute Gasteiger partial charge is 0.459 e. The van der Waals surface area contributed by atoms with Crippen molar-refractivity contribution in [2.75, 3.05) is 26.7 Å². The van der Waals surface area contributed by atoms with Gasteiger partial charge in [0.15, 0.2) is 0 Å². The predicted molar refractivity (Wildman–Crippen MR) is 82.9 cm³/mol. The molecule has 2 aromatic rings. The second-order valence-electron chi connectivity index (χ2n) is 6.00. The van der Waals surface area contributed by atoms with E-state index in [1.54, 1.807) is 0 Å². The van der Waals surface area contributed by atoms with Crippen LogP contribution in [0.4, 0.5) is 0 Å². The van der Waals surface area contributed by atoms with Crippen molar-refractivity contribution in [2.24, 2.45) is 5.92 Å². The molecule has 20 heavy (non-hydrogen) atoms. The molecule has 1 unspecified atom stereocenters. The fraction of sp³-hybridized carbons (Fsp3) is 0.529. The van der Waals surface area contributed by atoms with Crippen LogP contribution in [0.15, 0.2) is 34.7 Å². The van der Waals surface area contributed by atoms with Crippen molar-refractivity contribution < 1.29 is 4.42 Å². The number of fused-ring (bicyclic) bond motifs is 1. The van der Waals surface area contributed by atoms with Gasteiger partial charge in [-0.15, -0.1) is 0 Å². The number of rotatable bonds is 4. The highest BCUT2D eigenvalue weighted by atomic mass is 16.3. The maximum atomic E-state index is 5.99. The molecule has 0 radical (unpaired) electrons. The lowest BCUT2D eigenvalue weighted by Crippen LogP contribution is -2.35. The molecule has 1 aliphatic rings. The molecule has 0 amide bonds. The minimum absolute atomic E-state index is 0.331. The smallest absolute Gasteiger partial charge is 0.134 e. The second-order valence-corrected chi connectivity index (χ2v) is 6.00. The van der Waals surface area contributed by atoms with Crippen molar-refractivity contribution in [3.05, 3.63) is 36.1 Å². The molecule has 1 saturated heterocycles. The van der Waals surface area contributed by atoms with E-state index in [1.807, 2.05) is 12.1 Å². The SMILES string of the molecule is CC(c1cc2ccccc2o1)N(C)CC1CCNCC1. The molecule has 108 valence electrons. The van der Waals surface area contributed by atoms with E-state index in [2.05, 4.69) is 42.4 Å².